The van der Waals surface area contributed by atoms with Crippen molar-refractivity contribution in [1.29, 1.82) is 0 Å². The first kappa shape index (κ1) is 21.0. The van der Waals surface area contributed by atoms with Gasteiger partial charge in [0, 0.05) is 24.8 Å². The van der Waals surface area contributed by atoms with E-state index < -0.39 is 0 Å². The standard InChI is InChI=1S/C18H30N4O.HI/c1-4-14(3)22-18(19-5-2)21-13-15-10-11-17(20-12-15)23-16-8-6-7-9-16;/h10-12,14,16H,4-9,13H2,1-3H3,(H2,19,21,22);1H. The van der Waals surface area contributed by atoms with E-state index in [4.69, 9.17) is 4.74 Å². The minimum absolute atomic E-state index is 0. The van der Waals surface area contributed by atoms with Crippen LogP contribution in [0.3, 0.4) is 0 Å². The number of hydrogen-bond acceptors (Lipinski definition) is 3. The maximum absolute atomic E-state index is 5.89. The third-order valence-corrected chi connectivity index (χ3v) is 4.15. The molecular formula is C18H31IN4O. The Hall–Kier alpha value is -1.05. The second-order valence-corrected chi connectivity index (χ2v) is 6.18. The van der Waals surface area contributed by atoms with Gasteiger partial charge in [0.1, 0.15) is 6.10 Å². The zero-order chi connectivity index (χ0) is 16.5. The Labute approximate surface area is 163 Å². The molecule has 0 radical (unpaired) electrons. The summed E-state index contributed by atoms with van der Waals surface area (Å²) in [6.07, 6.45) is 8.13. The van der Waals surface area contributed by atoms with E-state index in [0.29, 0.717) is 18.7 Å². The van der Waals surface area contributed by atoms with Crippen molar-refractivity contribution in [2.45, 2.75) is 71.6 Å². The van der Waals surface area contributed by atoms with Crippen molar-refractivity contribution in [2.75, 3.05) is 6.54 Å². The van der Waals surface area contributed by atoms with E-state index in [-0.39, 0.29) is 24.0 Å². The largest absolute Gasteiger partial charge is 0.474 e. The van der Waals surface area contributed by atoms with Crippen LogP contribution in [-0.4, -0.2) is 29.6 Å². The number of ether oxygens (including phenoxy) is 1. The molecule has 0 saturated heterocycles. The molecule has 6 heteroatoms. The Morgan fingerprint density at radius 1 is 1.33 bits per heavy atom. The molecular weight excluding hydrogens is 415 g/mol. The first-order valence-corrected chi connectivity index (χ1v) is 8.87. The normalized spacial score (nSPS) is 16.4. The smallest absolute Gasteiger partial charge is 0.213 e. The van der Waals surface area contributed by atoms with Gasteiger partial charge < -0.3 is 15.4 Å². The topological polar surface area (TPSA) is 58.5 Å². The van der Waals surface area contributed by atoms with Gasteiger partial charge in [0.2, 0.25) is 5.88 Å². The zero-order valence-electron chi connectivity index (χ0n) is 15.0. The van der Waals surface area contributed by atoms with Gasteiger partial charge in [-0.3, -0.25) is 0 Å². The molecule has 1 aliphatic carbocycles. The third-order valence-electron chi connectivity index (χ3n) is 4.15. The van der Waals surface area contributed by atoms with Crippen molar-refractivity contribution in [3.05, 3.63) is 23.9 Å². The Balaban J connectivity index is 0.00000288. The maximum Gasteiger partial charge on any atom is 0.213 e. The summed E-state index contributed by atoms with van der Waals surface area (Å²) in [6, 6.07) is 4.42. The lowest BCUT2D eigenvalue weighted by atomic mass is 10.2. The lowest BCUT2D eigenvalue weighted by molar-refractivity contribution is 0.201. The van der Waals surface area contributed by atoms with Crippen LogP contribution in [-0.2, 0) is 6.54 Å². The fourth-order valence-corrected chi connectivity index (χ4v) is 2.58. The molecule has 136 valence electrons. The van der Waals surface area contributed by atoms with Crippen LogP contribution in [0, 0.1) is 0 Å². The van der Waals surface area contributed by atoms with E-state index in [2.05, 4.69) is 41.4 Å². The summed E-state index contributed by atoms with van der Waals surface area (Å²) in [6.45, 7) is 7.86. The van der Waals surface area contributed by atoms with Gasteiger partial charge in [0.05, 0.1) is 6.54 Å². The molecule has 1 atom stereocenters. The quantitative estimate of drug-likeness (QED) is 0.379. The van der Waals surface area contributed by atoms with Crippen molar-refractivity contribution in [3.63, 3.8) is 0 Å². The van der Waals surface area contributed by atoms with E-state index in [1.165, 1.54) is 12.8 Å². The van der Waals surface area contributed by atoms with Crippen LogP contribution in [0.1, 0.15) is 58.4 Å². The van der Waals surface area contributed by atoms with Gasteiger partial charge in [-0.2, -0.15) is 0 Å². The van der Waals surface area contributed by atoms with Crippen molar-refractivity contribution < 1.29 is 4.74 Å². The highest BCUT2D eigenvalue weighted by Crippen LogP contribution is 2.22. The van der Waals surface area contributed by atoms with Crippen molar-refractivity contribution in [2.24, 2.45) is 4.99 Å². The van der Waals surface area contributed by atoms with Gasteiger partial charge >= 0.3 is 0 Å². The van der Waals surface area contributed by atoms with Crippen LogP contribution in [0.15, 0.2) is 23.3 Å². The number of nitrogens with zero attached hydrogens (tertiary/aromatic N) is 2. The molecule has 1 aromatic heterocycles. The van der Waals surface area contributed by atoms with Crippen LogP contribution >= 0.6 is 24.0 Å². The number of hydrogen-bond donors (Lipinski definition) is 2. The molecule has 0 amide bonds. The number of nitrogens with one attached hydrogen (secondary N) is 2. The summed E-state index contributed by atoms with van der Waals surface area (Å²) in [5, 5.41) is 6.66. The second kappa shape index (κ2) is 11.5. The summed E-state index contributed by atoms with van der Waals surface area (Å²) in [4.78, 5) is 9.03. The second-order valence-electron chi connectivity index (χ2n) is 6.18. The van der Waals surface area contributed by atoms with Gasteiger partial charge in [0.15, 0.2) is 5.96 Å². The number of halogens is 1. The first-order chi connectivity index (χ1) is 11.2. The maximum atomic E-state index is 5.89. The van der Waals surface area contributed by atoms with Gasteiger partial charge in [0.25, 0.3) is 0 Å². The third kappa shape index (κ3) is 7.23. The minimum atomic E-state index is 0. The van der Waals surface area contributed by atoms with Crippen molar-refractivity contribution in [3.8, 4) is 5.88 Å². The number of rotatable bonds is 7. The summed E-state index contributed by atoms with van der Waals surface area (Å²) < 4.78 is 5.89. The van der Waals surface area contributed by atoms with E-state index in [0.717, 1.165) is 43.2 Å². The lowest BCUT2D eigenvalue weighted by Crippen LogP contribution is -2.41. The number of aliphatic imine (C=N–C) groups is 1. The average molecular weight is 446 g/mol. The Kier molecular flexibility index (Phi) is 10.1. The molecule has 24 heavy (non-hydrogen) atoms. The lowest BCUT2D eigenvalue weighted by Gasteiger charge is -2.16. The van der Waals surface area contributed by atoms with Crippen LogP contribution in [0.2, 0.25) is 0 Å². The van der Waals surface area contributed by atoms with Gasteiger partial charge in [-0.1, -0.05) is 13.0 Å². The molecule has 2 N–H and O–H groups in total. The van der Waals surface area contributed by atoms with Crippen LogP contribution in [0.4, 0.5) is 0 Å². The average Bonchev–Trinajstić information content (AvgIpc) is 3.07. The molecule has 1 fully saturated rings. The minimum Gasteiger partial charge on any atom is -0.474 e. The Morgan fingerprint density at radius 3 is 2.67 bits per heavy atom. The molecule has 0 aromatic carbocycles. The Morgan fingerprint density at radius 2 is 2.08 bits per heavy atom. The van der Waals surface area contributed by atoms with Crippen molar-refractivity contribution >= 4 is 29.9 Å². The highest BCUT2D eigenvalue weighted by molar-refractivity contribution is 14.0. The van der Waals surface area contributed by atoms with Crippen LogP contribution in [0.5, 0.6) is 5.88 Å². The number of pyridine rings is 1. The fourth-order valence-electron chi connectivity index (χ4n) is 2.58. The highest BCUT2D eigenvalue weighted by atomic mass is 127. The molecule has 1 aliphatic rings. The van der Waals surface area contributed by atoms with Crippen LogP contribution in [0.25, 0.3) is 0 Å². The summed E-state index contributed by atoms with van der Waals surface area (Å²) in [5.74, 6) is 1.59. The monoisotopic (exact) mass is 446 g/mol. The van der Waals surface area contributed by atoms with Gasteiger partial charge in [-0.25, -0.2) is 9.98 Å². The summed E-state index contributed by atoms with van der Waals surface area (Å²) in [5.41, 5.74) is 1.09. The van der Waals surface area contributed by atoms with Gasteiger partial charge in [-0.15, -0.1) is 24.0 Å². The summed E-state index contributed by atoms with van der Waals surface area (Å²) in [7, 11) is 0. The van der Waals surface area contributed by atoms with E-state index in [1.54, 1.807) is 0 Å². The van der Waals surface area contributed by atoms with E-state index in [9.17, 15) is 0 Å². The van der Waals surface area contributed by atoms with Crippen LogP contribution < -0.4 is 15.4 Å². The molecule has 1 aromatic rings. The molecule has 1 unspecified atom stereocenters. The first-order valence-electron chi connectivity index (χ1n) is 8.87. The zero-order valence-corrected chi connectivity index (χ0v) is 17.4. The summed E-state index contributed by atoms with van der Waals surface area (Å²) >= 11 is 0. The molecule has 2 rings (SSSR count). The molecule has 5 nitrogen and oxygen atoms in total. The van der Waals surface area contributed by atoms with E-state index in [1.807, 2.05) is 18.3 Å². The number of aromatic nitrogens is 1. The van der Waals surface area contributed by atoms with Gasteiger partial charge in [-0.05, 0) is 51.5 Å². The molecule has 1 saturated carbocycles. The van der Waals surface area contributed by atoms with Crippen molar-refractivity contribution in [1.82, 2.24) is 15.6 Å². The predicted octanol–water partition coefficient (Wildman–Crippen LogP) is 3.87. The predicted molar refractivity (Wildman–Crippen MR) is 110 cm³/mol. The molecule has 0 spiro atoms. The highest BCUT2D eigenvalue weighted by Gasteiger charge is 2.16. The Bertz CT molecular complexity index is 486. The molecule has 0 bridgehead atoms. The molecule has 1 heterocycles. The fraction of sp³-hybridized carbons (Fsp3) is 0.667. The molecule has 0 aliphatic heterocycles. The SMILES string of the molecule is CCNC(=NCc1ccc(OC2CCCC2)nc1)NC(C)CC.I. The van der Waals surface area contributed by atoms with E-state index >= 15 is 0 Å². The number of guanidine groups is 1.